The van der Waals surface area contributed by atoms with Gasteiger partial charge in [0.25, 0.3) is 0 Å². The van der Waals surface area contributed by atoms with Crippen molar-refractivity contribution in [1.82, 2.24) is 0 Å². The van der Waals surface area contributed by atoms with Gasteiger partial charge >= 0.3 is 37.7 Å². The predicted molar refractivity (Wildman–Crippen MR) is 181 cm³/mol. The van der Waals surface area contributed by atoms with E-state index in [2.05, 4.69) is 26.8 Å². The van der Waals surface area contributed by atoms with E-state index in [0.717, 1.165) is 31.3 Å². The fourth-order valence-corrected chi connectivity index (χ4v) is 12.9. The molecule has 1 heterocycles. The Hall–Kier alpha value is 0.830. The van der Waals surface area contributed by atoms with Crippen molar-refractivity contribution in [3.8, 4) is 0 Å². The van der Waals surface area contributed by atoms with Crippen LogP contribution in [0.1, 0.15) is 113 Å². The molecule has 0 spiro atoms. The van der Waals surface area contributed by atoms with E-state index in [1.54, 1.807) is 0 Å². The molecule has 5 fully saturated rings. The van der Waals surface area contributed by atoms with Crippen LogP contribution in [0.5, 0.6) is 0 Å². The van der Waals surface area contributed by atoms with E-state index < -0.39 is 68.4 Å². The Morgan fingerprint density at radius 3 is 2.16 bits per heavy atom. The molecule has 0 radical (unpaired) electrons. The molecular formula is C36H61CaO11P. The van der Waals surface area contributed by atoms with E-state index in [9.17, 15) is 39.9 Å². The van der Waals surface area contributed by atoms with Gasteiger partial charge in [0.1, 0.15) is 24.4 Å². The van der Waals surface area contributed by atoms with E-state index in [4.69, 9.17) is 14.0 Å². The van der Waals surface area contributed by atoms with E-state index in [0.29, 0.717) is 32.1 Å². The molecule has 0 bridgehead atoms. The third kappa shape index (κ3) is 7.33. The number of hydrogen-bond acceptors (Lipinski definition) is 11. The first-order valence-corrected chi connectivity index (χ1v) is 19.5. The van der Waals surface area contributed by atoms with Crippen molar-refractivity contribution in [2.24, 2.45) is 45.3 Å². The molecular weight excluding hydrogens is 679 g/mol. The van der Waals surface area contributed by atoms with Gasteiger partial charge in [0.05, 0.1) is 32.2 Å². The summed E-state index contributed by atoms with van der Waals surface area (Å²) in [6, 6.07) is 0. The minimum absolute atomic E-state index is 0. The van der Waals surface area contributed by atoms with Crippen LogP contribution < -0.4 is 9.79 Å². The molecule has 4 unspecified atom stereocenters. The van der Waals surface area contributed by atoms with Gasteiger partial charge in [-0.2, -0.15) is 0 Å². The second-order valence-corrected chi connectivity index (χ2v) is 18.9. The summed E-state index contributed by atoms with van der Waals surface area (Å²) in [4.78, 5) is 23.4. The number of rotatable bonds is 9. The summed E-state index contributed by atoms with van der Waals surface area (Å²) >= 11 is 0. The first-order chi connectivity index (χ1) is 22.1. The zero-order valence-corrected chi connectivity index (χ0v) is 33.9. The van der Waals surface area contributed by atoms with Gasteiger partial charge in [-0.1, -0.05) is 46.3 Å². The Morgan fingerprint density at radius 1 is 0.939 bits per heavy atom. The maximum atomic E-state index is 12.3. The SMILES string of the molecule is CC(C)=CCC[C@](C)(O[C@@H]1O[C@H](CO)[C@@H](O)[C@H](O)[C@H]1O)C1CC[C@]2(C)C1[C@H](O)CC1[C@@]3(C)CC[C@H](OP(=O)([O-])[O-])C(C)(C)C3CC[C@]12C.[Ca+2]. The topological polar surface area (TPSA) is 192 Å². The van der Waals surface area contributed by atoms with Gasteiger partial charge in [0.2, 0.25) is 0 Å². The first-order valence-electron chi connectivity index (χ1n) is 18.1. The zero-order valence-electron chi connectivity index (χ0n) is 30.8. The quantitative estimate of drug-likeness (QED) is 0.133. The number of aliphatic hydroxyl groups excluding tert-OH is 5. The normalized spacial score (nSPS) is 47.5. The molecule has 0 amide bonds. The molecule has 0 aromatic rings. The van der Waals surface area contributed by atoms with E-state index in [1.807, 2.05) is 34.6 Å². The van der Waals surface area contributed by atoms with E-state index in [1.165, 1.54) is 0 Å². The number of fused-ring (bicyclic) bond motifs is 5. The van der Waals surface area contributed by atoms with E-state index >= 15 is 0 Å². The Balaban J connectivity index is 0.00000541. The van der Waals surface area contributed by atoms with Crippen LogP contribution in [0.3, 0.4) is 0 Å². The summed E-state index contributed by atoms with van der Waals surface area (Å²) in [7, 11) is -5.15. The second-order valence-electron chi connectivity index (χ2n) is 17.8. The smallest absolute Gasteiger partial charge is 0.790 e. The van der Waals surface area contributed by atoms with Crippen LogP contribution in [0.25, 0.3) is 0 Å². The van der Waals surface area contributed by atoms with Crippen molar-refractivity contribution in [1.29, 1.82) is 0 Å². The Labute approximate surface area is 322 Å². The van der Waals surface area contributed by atoms with E-state index in [-0.39, 0.29) is 77.7 Å². The summed E-state index contributed by atoms with van der Waals surface area (Å²) < 4.78 is 29.4. The van der Waals surface area contributed by atoms with Crippen LogP contribution in [0.15, 0.2) is 11.6 Å². The van der Waals surface area contributed by atoms with Crippen molar-refractivity contribution >= 4 is 45.6 Å². The maximum Gasteiger partial charge on any atom is 2.00 e. The second kappa shape index (κ2) is 14.8. The fraction of sp³-hybridized carbons (Fsp3) is 0.944. The van der Waals surface area contributed by atoms with Crippen LogP contribution in [0, 0.1) is 45.3 Å². The average molecular weight is 741 g/mol. The molecule has 49 heavy (non-hydrogen) atoms. The number of aliphatic hydroxyl groups is 5. The van der Waals surface area contributed by atoms with Crippen LogP contribution in [-0.4, -0.2) is 118 Å². The van der Waals surface area contributed by atoms with Crippen LogP contribution in [0.2, 0.25) is 0 Å². The summed E-state index contributed by atoms with van der Waals surface area (Å²) in [5, 5.41) is 54.1. The first kappa shape index (κ1) is 42.6. The average Bonchev–Trinajstić information content (AvgIpc) is 3.36. The monoisotopic (exact) mass is 740 g/mol. The van der Waals surface area contributed by atoms with Gasteiger partial charge < -0.3 is 53.9 Å². The standard InChI is InChI=1S/C36H63O11P.Ca/c1-20(2)10-9-14-36(8,46-31-30(41)29(40)28(39)23(19-37)45-31)21-11-16-35(7)27(21)22(38)18-25-33(5)15-13-26(47-48(42,43)44)32(3,4)24(33)12-17-34(25,35)6;/h10,21-31,37-41H,9,11-19H2,1-8H3,(H2,42,43,44);/q;+2/p-2/t21?,22-,23-,24?,25?,26+,27?,28-,29+,30-,31+,33+,34-,35-,36+;/m1./s1. The minimum atomic E-state index is -5.15. The van der Waals surface area contributed by atoms with Crippen LogP contribution >= 0.6 is 7.82 Å². The molecule has 5 rings (SSSR count). The molecule has 13 heteroatoms. The molecule has 1 saturated heterocycles. The molecule has 5 aliphatic rings. The van der Waals surface area contributed by atoms with Crippen molar-refractivity contribution in [3.63, 3.8) is 0 Å². The summed E-state index contributed by atoms with van der Waals surface area (Å²) in [5.41, 5.74) is -0.856. The van der Waals surface area contributed by atoms with Gasteiger partial charge in [-0.05, 0) is 124 Å². The van der Waals surface area contributed by atoms with Gasteiger partial charge in [-0.15, -0.1) is 0 Å². The molecule has 11 nitrogen and oxygen atoms in total. The van der Waals surface area contributed by atoms with Crippen LogP contribution in [0.4, 0.5) is 0 Å². The number of hydrogen-bond donors (Lipinski definition) is 5. The number of allylic oxidation sites excluding steroid dienone is 2. The number of phosphoric ester groups is 1. The van der Waals surface area contributed by atoms with Crippen molar-refractivity contribution in [3.05, 3.63) is 11.6 Å². The molecule has 0 aromatic heterocycles. The van der Waals surface area contributed by atoms with Gasteiger partial charge in [0, 0.05) is 0 Å². The Bertz CT molecular complexity index is 1260. The van der Waals surface area contributed by atoms with Gasteiger partial charge in [-0.25, -0.2) is 0 Å². The minimum Gasteiger partial charge on any atom is -0.790 e. The summed E-state index contributed by atoms with van der Waals surface area (Å²) in [6.45, 7) is 16.6. The Morgan fingerprint density at radius 2 is 1.57 bits per heavy atom. The molecule has 4 saturated carbocycles. The molecule has 4 aliphatic carbocycles. The third-order valence-electron chi connectivity index (χ3n) is 14.8. The molecule has 15 atom stereocenters. The fourth-order valence-electron chi connectivity index (χ4n) is 12.2. The third-order valence-corrected chi connectivity index (χ3v) is 15.3. The summed E-state index contributed by atoms with van der Waals surface area (Å²) in [5.74, 6) is 0.0397. The summed E-state index contributed by atoms with van der Waals surface area (Å²) in [6.07, 6.45) is 0.371. The zero-order chi connectivity index (χ0) is 35.8. The van der Waals surface area contributed by atoms with Gasteiger partial charge in [0.15, 0.2) is 6.29 Å². The Kier molecular flexibility index (Phi) is 12.9. The van der Waals surface area contributed by atoms with Crippen molar-refractivity contribution in [2.75, 3.05) is 6.61 Å². The molecule has 1 aliphatic heterocycles. The molecule has 5 N–H and O–H groups in total. The van der Waals surface area contributed by atoms with Gasteiger partial charge in [-0.3, -0.25) is 0 Å². The van der Waals surface area contributed by atoms with Crippen molar-refractivity contribution in [2.45, 2.75) is 162 Å². The molecule has 0 aromatic carbocycles. The number of ether oxygens (including phenoxy) is 2. The van der Waals surface area contributed by atoms with Crippen LogP contribution in [-0.2, 0) is 18.6 Å². The largest absolute Gasteiger partial charge is 2.00 e. The van der Waals surface area contributed by atoms with Crippen molar-refractivity contribution < 1.29 is 53.9 Å². The maximum absolute atomic E-state index is 12.3. The number of phosphoric acid groups is 1. The molecule has 278 valence electrons. The predicted octanol–water partition coefficient (Wildman–Crippen LogP) is 2.80.